The monoisotopic (exact) mass is 581 g/mol. The van der Waals surface area contributed by atoms with Gasteiger partial charge in [-0.2, -0.15) is 0 Å². The molecule has 0 heterocycles. The van der Waals surface area contributed by atoms with Gasteiger partial charge in [-0.15, -0.1) is 0 Å². The minimum absolute atomic E-state index is 0.0328. The quantitative estimate of drug-likeness (QED) is 0.0607. The van der Waals surface area contributed by atoms with Crippen LogP contribution in [0.1, 0.15) is 219 Å². The summed E-state index contributed by atoms with van der Waals surface area (Å²) in [5.41, 5.74) is 0. The van der Waals surface area contributed by atoms with Gasteiger partial charge in [0.15, 0.2) is 0 Å². The summed E-state index contributed by atoms with van der Waals surface area (Å²) in [6, 6.07) is 0. The zero-order valence-corrected chi connectivity index (χ0v) is 27.9. The SMILES string of the molecule is CCCCCCCCCCCCCCCCC(=O)OC(CCCCCCC)CCCCCCCCCCCC(=O)O. The van der Waals surface area contributed by atoms with Gasteiger partial charge >= 0.3 is 11.9 Å². The van der Waals surface area contributed by atoms with E-state index in [0.717, 1.165) is 51.4 Å². The molecule has 1 unspecified atom stereocenters. The Morgan fingerprint density at radius 1 is 0.439 bits per heavy atom. The lowest BCUT2D eigenvalue weighted by molar-refractivity contribution is -0.150. The number of rotatable bonds is 34. The number of carboxylic acid groups (broad SMARTS) is 1. The molecule has 0 aromatic rings. The van der Waals surface area contributed by atoms with Gasteiger partial charge in [-0.05, 0) is 38.5 Å². The van der Waals surface area contributed by atoms with Gasteiger partial charge in [0.2, 0.25) is 0 Å². The van der Waals surface area contributed by atoms with Crippen molar-refractivity contribution in [3.8, 4) is 0 Å². The van der Waals surface area contributed by atoms with Gasteiger partial charge in [-0.1, -0.05) is 168 Å². The Morgan fingerprint density at radius 3 is 1.07 bits per heavy atom. The van der Waals surface area contributed by atoms with Crippen molar-refractivity contribution in [2.45, 2.75) is 225 Å². The van der Waals surface area contributed by atoms with Gasteiger partial charge in [0, 0.05) is 12.8 Å². The predicted octanol–water partition coefficient (Wildman–Crippen LogP) is 12.5. The Kier molecular flexibility index (Phi) is 32.6. The van der Waals surface area contributed by atoms with Crippen LogP contribution in [0, 0.1) is 0 Å². The number of hydrogen-bond acceptors (Lipinski definition) is 3. The van der Waals surface area contributed by atoms with E-state index in [2.05, 4.69) is 13.8 Å². The summed E-state index contributed by atoms with van der Waals surface area (Å²) < 4.78 is 5.99. The molecule has 244 valence electrons. The predicted molar refractivity (Wildman–Crippen MR) is 177 cm³/mol. The smallest absolute Gasteiger partial charge is 0.306 e. The zero-order valence-electron chi connectivity index (χ0n) is 27.9. The zero-order chi connectivity index (χ0) is 30.1. The standard InChI is InChI=1S/C37H72O4/c1-3-5-7-9-10-11-12-13-14-15-19-22-26-30-34-37(40)41-35(31-27-23-8-6-4-2)32-28-24-20-17-16-18-21-25-29-33-36(38)39/h35H,3-34H2,1-2H3,(H,38,39). The third-order valence-electron chi connectivity index (χ3n) is 8.58. The molecule has 4 nitrogen and oxygen atoms in total. The molecule has 1 atom stereocenters. The molecule has 0 radical (unpaired) electrons. The van der Waals surface area contributed by atoms with Gasteiger partial charge in [0.05, 0.1) is 0 Å². The minimum Gasteiger partial charge on any atom is -0.481 e. The maximum Gasteiger partial charge on any atom is 0.306 e. The van der Waals surface area contributed by atoms with Crippen LogP contribution < -0.4 is 0 Å². The lowest BCUT2D eigenvalue weighted by Crippen LogP contribution is -2.18. The Balaban J connectivity index is 3.85. The lowest BCUT2D eigenvalue weighted by Gasteiger charge is -2.18. The van der Waals surface area contributed by atoms with E-state index in [0.29, 0.717) is 12.8 Å². The van der Waals surface area contributed by atoms with Crippen LogP contribution in [0.4, 0.5) is 0 Å². The number of carbonyl (C=O) groups excluding carboxylic acids is 1. The van der Waals surface area contributed by atoms with Crippen LogP contribution in [0.15, 0.2) is 0 Å². The number of carbonyl (C=O) groups is 2. The van der Waals surface area contributed by atoms with E-state index in [1.165, 1.54) is 141 Å². The van der Waals surface area contributed by atoms with Crippen LogP contribution in [0.5, 0.6) is 0 Å². The van der Waals surface area contributed by atoms with Crippen LogP contribution in [-0.2, 0) is 14.3 Å². The number of hydrogen-bond donors (Lipinski definition) is 1. The minimum atomic E-state index is -0.676. The molecule has 0 spiro atoms. The number of esters is 1. The Hall–Kier alpha value is -1.06. The van der Waals surface area contributed by atoms with Gasteiger partial charge in [-0.3, -0.25) is 9.59 Å². The van der Waals surface area contributed by atoms with E-state index in [-0.39, 0.29) is 12.1 Å². The van der Waals surface area contributed by atoms with Crippen LogP contribution >= 0.6 is 0 Å². The van der Waals surface area contributed by atoms with E-state index in [4.69, 9.17) is 9.84 Å². The maximum absolute atomic E-state index is 12.6. The molecule has 0 aliphatic heterocycles. The number of carboxylic acids is 1. The van der Waals surface area contributed by atoms with E-state index < -0.39 is 5.97 Å². The van der Waals surface area contributed by atoms with Crippen LogP contribution in [0.25, 0.3) is 0 Å². The normalized spacial score (nSPS) is 12.0. The molecule has 0 aliphatic rings. The topological polar surface area (TPSA) is 63.6 Å². The highest BCUT2D eigenvalue weighted by Gasteiger charge is 2.14. The molecule has 0 saturated heterocycles. The highest BCUT2D eigenvalue weighted by Crippen LogP contribution is 2.19. The first kappa shape index (κ1) is 39.9. The molecular formula is C37H72O4. The molecule has 4 heteroatoms. The summed E-state index contributed by atoms with van der Waals surface area (Å²) in [6.07, 6.45) is 38.5. The summed E-state index contributed by atoms with van der Waals surface area (Å²) in [7, 11) is 0. The first-order valence-corrected chi connectivity index (χ1v) is 18.5. The number of aliphatic carboxylic acids is 1. The lowest BCUT2D eigenvalue weighted by atomic mass is 10.0. The fourth-order valence-corrected chi connectivity index (χ4v) is 5.83. The summed E-state index contributed by atoms with van der Waals surface area (Å²) in [5, 5.41) is 8.70. The third-order valence-corrected chi connectivity index (χ3v) is 8.58. The van der Waals surface area contributed by atoms with Gasteiger partial charge < -0.3 is 9.84 Å². The van der Waals surface area contributed by atoms with Crippen molar-refractivity contribution in [3.63, 3.8) is 0 Å². The molecule has 0 rings (SSSR count). The fraction of sp³-hybridized carbons (Fsp3) is 0.946. The Morgan fingerprint density at radius 2 is 0.732 bits per heavy atom. The van der Waals surface area contributed by atoms with Crippen molar-refractivity contribution in [2.75, 3.05) is 0 Å². The van der Waals surface area contributed by atoms with Crippen LogP contribution in [-0.4, -0.2) is 23.1 Å². The first-order chi connectivity index (χ1) is 20.1. The van der Waals surface area contributed by atoms with E-state index in [1.807, 2.05) is 0 Å². The highest BCUT2D eigenvalue weighted by molar-refractivity contribution is 5.69. The molecule has 1 N–H and O–H groups in total. The van der Waals surface area contributed by atoms with Crippen LogP contribution in [0.2, 0.25) is 0 Å². The van der Waals surface area contributed by atoms with Crippen molar-refractivity contribution < 1.29 is 19.4 Å². The summed E-state index contributed by atoms with van der Waals surface area (Å²) in [4.78, 5) is 23.1. The maximum atomic E-state index is 12.6. The van der Waals surface area contributed by atoms with Crippen LogP contribution in [0.3, 0.4) is 0 Å². The molecule has 0 aromatic heterocycles. The van der Waals surface area contributed by atoms with Crippen molar-refractivity contribution in [1.29, 1.82) is 0 Å². The first-order valence-electron chi connectivity index (χ1n) is 18.5. The second-order valence-corrected chi connectivity index (χ2v) is 12.8. The summed E-state index contributed by atoms with van der Waals surface area (Å²) >= 11 is 0. The average molecular weight is 581 g/mol. The largest absolute Gasteiger partial charge is 0.481 e. The second-order valence-electron chi connectivity index (χ2n) is 12.8. The fourth-order valence-electron chi connectivity index (χ4n) is 5.83. The number of ether oxygens (including phenoxy) is 1. The van der Waals surface area contributed by atoms with Crippen molar-refractivity contribution in [1.82, 2.24) is 0 Å². The molecular weight excluding hydrogens is 508 g/mol. The summed E-state index contributed by atoms with van der Waals surface area (Å²) in [6.45, 7) is 4.53. The number of unbranched alkanes of at least 4 members (excludes halogenated alkanes) is 25. The summed E-state index contributed by atoms with van der Waals surface area (Å²) in [5.74, 6) is -0.643. The molecule has 0 aromatic carbocycles. The van der Waals surface area contributed by atoms with E-state index in [1.54, 1.807) is 0 Å². The Bertz CT molecular complexity index is 547. The molecule has 41 heavy (non-hydrogen) atoms. The molecule has 0 bridgehead atoms. The molecule has 0 aliphatic carbocycles. The molecule has 0 fully saturated rings. The average Bonchev–Trinajstić information content (AvgIpc) is 2.95. The Labute approximate surface area is 256 Å². The van der Waals surface area contributed by atoms with Crippen molar-refractivity contribution in [2.24, 2.45) is 0 Å². The van der Waals surface area contributed by atoms with Crippen molar-refractivity contribution >= 4 is 11.9 Å². The van der Waals surface area contributed by atoms with Gasteiger partial charge in [0.25, 0.3) is 0 Å². The van der Waals surface area contributed by atoms with Gasteiger partial charge in [-0.25, -0.2) is 0 Å². The van der Waals surface area contributed by atoms with Gasteiger partial charge in [0.1, 0.15) is 6.10 Å². The highest BCUT2D eigenvalue weighted by atomic mass is 16.5. The van der Waals surface area contributed by atoms with E-state index >= 15 is 0 Å². The second kappa shape index (κ2) is 33.4. The molecule has 0 amide bonds. The molecule has 0 saturated carbocycles. The third kappa shape index (κ3) is 33.3. The van der Waals surface area contributed by atoms with E-state index in [9.17, 15) is 9.59 Å². The van der Waals surface area contributed by atoms with Crippen molar-refractivity contribution in [3.05, 3.63) is 0 Å².